The second-order valence-electron chi connectivity index (χ2n) is 5.45. The van der Waals surface area contributed by atoms with Gasteiger partial charge in [-0.05, 0) is 56.2 Å². The van der Waals surface area contributed by atoms with Gasteiger partial charge in [-0.15, -0.1) is 0 Å². The van der Waals surface area contributed by atoms with Gasteiger partial charge in [0.05, 0.1) is 13.2 Å². The van der Waals surface area contributed by atoms with Gasteiger partial charge in [-0.2, -0.15) is 0 Å². The Morgan fingerprint density at radius 1 is 1.39 bits per heavy atom. The normalized spacial score (nSPS) is 30.9. The maximum absolute atomic E-state index is 11.4. The van der Waals surface area contributed by atoms with Crippen molar-refractivity contribution in [2.75, 3.05) is 14.2 Å². The largest absolute Gasteiger partial charge is 0.463 e. The summed E-state index contributed by atoms with van der Waals surface area (Å²) in [6, 6.07) is 3.80. The van der Waals surface area contributed by atoms with E-state index in [-0.39, 0.29) is 11.8 Å². The van der Waals surface area contributed by atoms with Crippen LogP contribution in [-0.2, 0) is 4.74 Å². The zero-order valence-corrected chi connectivity index (χ0v) is 10.8. The number of furan rings is 1. The minimum absolute atomic E-state index is 0.219. The van der Waals surface area contributed by atoms with Gasteiger partial charge in [-0.1, -0.05) is 0 Å². The molecule has 0 radical (unpaired) electrons. The molecule has 1 heterocycles. The summed E-state index contributed by atoms with van der Waals surface area (Å²) in [7, 11) is 3.32. The maximum atomic E-state index is 11.4. The molecule has 0 saturated heterocycles. The topological polar surface area (TPSA) is 51.5 Å². The predicted molar refractivity (Wildman–Crippen MR) is 66.2 cm³/mol. The molecule has 1 N–H and O–H groups in total. The molecule has 3 atom stereocenters. The van der Waals surface area contributed by atoms with Gasteiger partial charge in [0.1, 0.15) is 5.76 Å². The Morgan fingerprint density at radius 2 is 2.11 bits per heavy atom. The first kappa shape index (κ1) is 11.8. The molecule has 4 heteroatoms. The number of nitrogens with one attached hydrogen (secondary N) is 1. The van der Waals surface area contributed by atoms with Gasteiger partial charge in [-0.25, -0.2) is 4.79 Å². The number of methoxy groups -OCH3 is 1. The monoisotopic (exact) mass is 249 g/mol. The Labute approximate surface area is 107 Å². The number of hydrogen-bond acceptors (Lipinski definition) is 4. The zero-order valence-electron chi connectivity index (χ0n) is 10.8. The van der Waals surface area contributed by atoms with E-state index in [1.54, 1.807) is 6.07 Å². The zero-order chi connectivity index (χ0) is 12.7. The summed E-state index contributed by atoms with van der Waals surface area (Å²) in [6.07, 6.45) is 3.98. The standard InChI is InChI=1S/C14H19NO3/c1-15-13(10-6-8-5-9(8)7-10)11-3-4-12(18-11)14(16)17-2/h3-4,8-10,13,15H,5-7H2,1-2H3. The molecule has 2 fully saturated rings. The van der Waals surface area contributed by atoms with Crippen molar-refractivity contribution in [3.63, 3.8) is 0 Å². The van der Waals surface area contributed by atoms with E-state index in [0.29, 0.717) is 5.92 Å². The van der Waals surface area contributed by atoms with Gasteiger partial charge in [0, 0.05) is 0 Å². The van der Waals surface area contributed by atoms with Crippen LogP contribution >= 0.6 is 0 Å². The molecule has 0 bridgehead atoms. The van der Waals surface area contributed by atoms with Crippen LogP contribution in [0.3, 0.4) is 0 Å². The SMILES string of the molecule is CNC(c1ccc(C(=O)OC)o1)C1CC2CC2C1. The lowest BCUT2D eigenvalue weighted by Crippen LogP contribution is -2.24. The highest BCUT2D eigenvalue weighted by molar-refractivity contribution is 5.86. The van der Waals surface area contributed by atoms with Gasteiger partial charge in [-0.3, -0.25) is 0 Å². The summed E-state index contributed by atoms with van der Waals surface area (Å²) < 4.78 is 10.3. The fraction of sp³-hybridized carbons (Fsp3) is 0.643. The van der Waals surface area contributed by atoms with E-state index < -0.39 is 5.97 Å². The molecule has 0 aromatic carbocycles. The van der Waals surface area contributed by atoms with Gasteiger partial charge < -0.3 is 14.5 Å². The van der Waals surface area contributed by atoms with E-state index in [0.717, 1.165) is 17.6 Å². The molecule has 2 aliphatic rings. The number of carbonyl (C=O) groups is 1. The van der Waals surface area contributed by atoms with E-state index in [1.807, 2.05) is 13.1 Å². The fourth-order valence-electron chi connectivity index (χ4n) is 3.37. The van der Waals surface area contributed by atoms with Crippen molar-refractivity contribution in [2.24, 2.45) is 17.8 Å². The van der Waals surface area contributed by atoms with Gasteiger partial charge in [0.2, 0.25) is 5.76 Å². The second kappa shape index (κ2) is 4.43. The Bertz CT molecular complexity index is 444. The van der Waals surface area contributed by atoms with Crippen LogP contribution in [0.5, 0.6) is 0 Å². The van der Waals surface area contributed by atoms with Crippen LogP contribution in [0.25, 0.3) is 0 Å². The Balaban J connectivity index is 1.74. The van der Waals surface area contributed by atoms with Crippen molar-refractivity contribution in [2.45, 2.75) is 25.3 Å². The molecule has 2 aliphatic carbocycles. The number of esters is 1. The summed E-state index contributed by atoms with van der Waals surface area (Å²) in [4.78, 5) is 11.4. The molecular weight excluding hydrogens is 230 g/mol. The minimum Gasteiger partial charge on any atom is -0.463 e. The van der Waals surface area contributed by atoms with Crippen molar-refractivity contribution in [3.8, 4) is 0 Å². The summed E-state index contributed by atoms with van der Waals surface area (Å²) in [5.74, 6) is 3.25. The third-order valence-corrected chi connectivity index (χ3v) is 4.38. The molecule has 0 spiro atoms. The maximum Gasteiger partial charge on any atom is 0.373 e. The number of fused-ring (bicyclic) bond motifs is 1. The van der Waals surface area contributed by atoms with Crippen molar-refractivity contribution in [3.05, 3.63) is 23.7 Å². The molecule has 0 amide bonds. The molecule has 3 unspecified atom stereocenters. The third-order valence-electron chi connectivity index (χ3n) is 4.38. The van der Waals surface area contributed by atoms with Crippen LogP contribution in [-0.4, -0.2) is 20.1 Å². The molecule has 98 valence electrons. The van der Waals surface area contributed by atoms with Crippen LogP contribution in [0.1, 0.15) is 41.6 Å². The van der Waals surface area contributed by atoms with E-state index >= 15 is 0 Å². The molecule has 18 heavy (non-hydrogen) atoms. The summed E-state index contributed by atoms with van der Waals surface area (Å²) >= 11 is 0. The Hall–Kier alpha value is -1.29. The van der Waals surface area contributed by atoms with Crippen molar-refractivity contribution < 1.29 is 13.9 Å². The predicted octanol–water partition coefficient (Wildman–Crippen LogP) is 2.37. The van der Waals surface area contributed by atoms with E-state index in [4.69, 9.17) is 4.42 Å². The third kappa shape index (κ3) is 1.94. The van der Waals surface area contributed by atoms with Crippen LogP contribution in [0.4, 0.5) is 0 Å². The Morgan fingerprint density at radius 3 is 2.72 bits per heavy atom. The molecule has 1 aromatic heterocycles. The summed E-state index contributed by atoms with van der Waals surface area (Å²) in [6.45, 7) is 0. The lowest BCUT2D eigenvalue weighted by molar-refractivity contribution is 0.0561. The first-order valence-corrected chi connectivity index (χ1v) is 6.58. The summed E-state index contributed by atoms with van der Waals surface area (Å²) in [5.41, 5.74) is 0. The van der Waals surface area contributed by atoms with Crippen LogP contribution < -0.4 is 5.32 Å². The lowest BCUT2D eigenvalue weighted by Gasteiger charge is -2.22. The smallest absolute Gasteiger partial charge is 0.373 e. The first-order valence-electron chi connectivity index (χ1n) is 6.58. The molecule has 0 aliphatic heterocycles. The number of hydrogen-bond donors (Lipinski definition) is 1. The van der Waals surface area contributed by atoms with Crippen molar-refractivity contribution >= 4 is 5.97 Å². The fourth-order valence-corrected chi connectivity index (χ4v) is 3.37. The van der Waals surface area contributed by atoms with Crippen LogP contribution in [0, 0.1) is 17.8 Å². The molecule has 3 rings (SSSR count). The molecular formula is C14H19NO3. The van der Waals surface area contributed by atoms with E-state index in [1.165, 1.54) is 26.4 Å². The number of carbonyl (C=O) groups excluding carboxylic acids is 1. The van der Waals surface area contributed by atoms with Gasteiger partial charge in [0.25, 0.3) is 0 Å². The second-order valence-corrected chi connectivity index (χ2v) is 5.45. The lowest BCUT2D eigenvalue weighted by atomic mass is 9.93. The number of rotatable bonds is 4. The molecule has 1 aromatic rings. The van der Waals surface area contributed by atoms with Gasteiger partial charge in [0.15, 0.2) is 0 Å². The highest BCUT2D eigenvalue weighted by Crippen LogP contribution is 2.57. The first-order chi connectivity index (χ1) is 8.72. The average molecular weight is 249 g/mol. The molecule has 2 saturated carbocycles. The van der Waals surface area contributed by atoms with E-state index in [9.17, 15) is 4.79 Å². The van der Waals surface area contributed by atoms with E-state index in [2.05, 4.69) is 10.1 Å². The highest BCUT2D eigenvalue weighted by Gasteiger charge is 2.48. The van der Waals surface area contributed by atoms with Crippen molar-refractivity contribution in [1.82, 2.24) is 5.32 Å². The van der Waals surface area contributed by atoms with Crippen LogP contribution in [0.2, 0.25) is 0 Å². The highest BCUT2D eigenvalue weighted by atomic mass is 16.5. The van der Waals surface area contributed by atoms with Crippen molar-refractivity contribution in [1.29, 1.82) is 0 Å². The minimum atomic E-state index is -0.412. The Kier molecular flexibility index (Phi) is 2.90. The van der Waals surface area contributed by atoms with Crippen LogP contribution in [0.15, 0.2) is 16.5 Å². The average Bonchev–Trinajstić information content (AvgIpc) is 2.83. The quantitative estimate of drug-likeness (QED) is 0.832. The van der Waals surface area contributed by atoms with Gasteiger partial charge >= 0.3 is 5.97 Å². The number of ether oxygens (including phenoxy) is 1. The molecule has 4 nitrogen and oxygen atoms in total. The summed E-state index contributed by atoms with van der Waals surface area (Å²) in [5, 5.41) is 3.33.